The SMILES string of the molecule is CCOC(=O)N1CCc2c(sc(NC(=O)c3ccc(S(=O)(=O)N(CCOC)CCOC)cc3)c2C(=O)N(C)C)C1. The number of hydrogen-bond acceptors (Lipinski definition) is 9. The highest BCUT2D eigenvalue weighted by Gasteiger charge is 2.32. The summed E-state index contributed by atoms with van der Waals surface area (Å²) >= 11 is 1.24. The summed E-state index contributed by atoms with van der Waals surface area (Å²) in [5, 5.41) is 3.21. The van der Waals surface area contributed by atoms with E-state index < -0.39 is 22.0 Å². The number of benzene rings is 1. The molecule has 0 unspecified atom stereocenters. The van der Waals surface area contributed by atoms with Gasteiger partial charge in [0, 0.05) is 58.4 Å². The summed E-state index contributed by atoms with van der Waals surface area (Å²) in [6.45, 7) is 3.42. The molecule has 1 N–H and O–H groups in total. The van der Waals surface area contributed by atoms with Gasteiger partial charge < -0.3 is 29.3 Å². The van der Waals surface area contributed by atoms with Gasteiger partial charge in [-0.05, 0) is 43.2 Å². The number of hydrogen-bond donors (Lipinski definition) is 1. The number of nitrogens with one attached hydrogen (secondary N) is 1. The molecular formula is C26H36N4O8S2. The van der Waals surface area contributed by atoms with E-state index in [1.165, 1.54) is 59.0 Å². The third-order valence-corrected chi connectivity index (χ3v) is 9.32. The van der Waals surface area contributed by atoms with Crippen LogP contribution >= 0.6 is 11.3 Å². The standard InChI is InChI=1S/C26H36N4O8S2/c1-6-38-26(33)29-12-11-20-21(17-29)39-24(22(20)25(32)28(2)3)27-23(31)18-7-9-19(10-8-18)40(34,35)30(13-15-36-4)14-16-37-5/h7-10H,6,11-17H2,1-5H3,(H,27,31). The van der Waals surface area contributed by atoms with Crippen molar-refractivity contribution in [2.45, 2.75) is 24.8 Å². The Bertz CT molecular complexity index is 1300. The number of nitrogens with zero attached hydrogens (tertiary/aromatic N) is 3. The van der Waals surface area contributed by atoms with Crippen LogP contribution in [0.2, 0.25) is 0 Å². The molecule has 0 saturated carbocycles. The minimum absolute atomic E-state index is 0.0328. The summed E-state index contributed by atoms with van der Waals surface area (Å²) in [5.41, 5.74) is 1.42. The first kappa shape index (κ1) is 31.5. The van der Waals surface area contributed by atoms with Crippen LogP contribution in [-0.2, 0) is 37.2 Å². The van der Waals surface area contributed by atoms with Crippen LogP contribution in [0.25, 0.3) is 0 Å². The van der Waals surface area contributed by atoms with Crippen LogP contribution in [0, 0.1) is 0 Å². The zero-order valence-electron chi connectivity index (χ0n) is 23.4. The van der Waals surface area contributed by atoms with Gasteiger partial charge in [-0.15, -0.1) is 11.3 Å². The highest BCUT2D eigenvalue weighted by atomic mass is 32.2. The second kappa shape index (κ2) is 14.0. The molecule has 2 aromatic rings. The Balaban J connectivity index is 1.85. The van der Waals surface area contributed by atoms with E-state index in [0.29, 0.717) is 23.5 Å². The van der Waals surface area contributed by atoms with Crippen molar-refractivity contribution in [2.75, 3.05) is 73.1 Å². The lowest BCUT2D eigenvalue weighted by molar-refractivity contribution is 0.0827. The van der Waals surface area contributed by atoms with Gasteiger partial charge >= 0.3 is 6.09 Å². The molecule has 2 heterocycles. The van der Waals surface area contributed by atoms with E-state index in [2.05, 4.69) is 5.32 Å². The predicted molar refractivity (Wildman–Crippen MR) is 150 cm³/mol. The molecule has 0 radical (unpaired) electrons. The minimum Gasteiger partial charge on any atom is -0.450 e. The highest BCUT2D eigenvalue weighted by molar-refractivity contribution is 7.89. The number of carbonyl (C=O) groups excluding carboxylic acids is 3. The van der Waals surface area contributed by atoms with Crippen LogP contribution < -0.4 is 5.32 Å². The topological polar surface area (TPSA) is 135 Å². The van der Waals surface area contributed by atoms with Crippen molar-refractivity contribution in [1.29, 1.82) is 0 Å². The average molecular weight is 597 g/mol. The van der Waals surface area contributed by atoms with Crippen LogP contribution in [0.1, 0.15) is 38.1 Å². The van der Waals surface area contributed by atoms with E-state index in [9.17, 15) is 22.8 Å². The van der Waals surface area contributed by atoms with Crippen LogP contribution in [0.4, 0.5) is 9.80 Å². The number of methoxy groups -OCH3 is 2. The van der Waals surface area contributed by atoms with Gasteiger partial charge in [-0.1, -0.05) is 0 Å². The van der Waals surface area contributed by atoms with Gasteiger partial charge in [0.1, 0.15) is 5.00 Å². The summed E-state index contributed by atoms with van der Waals surface area (Å²) in [5.74, 6) is -0.751. The fourth-order valence-corrected chi connectivity index (χ4v) is 6.81. The molecule has 1 aromatic carbocycles. The first-order valence-corrected chi connectivity index (χ1v) is 15.0. The minimum atomic E-state index is -3.84. The number of amides is 3. The molecule has 0 bridgehead atoms. The largest absolute Gasteiger partial charge is 0.450 e. The Hall–Kier alpha value is -3.04. The number of sulfonamides is 1. The Morgan fingerprint density at radius 3 is 2.23 bits per heavy atom. The fraction of sp³-hybridized carbons (Fsp3) is 0.500. The predicted octanol–water partition coefficient (Wildman–Crippen LogP) is 2.50. The first-order chi connectivity index (χ1) is 19.0. The summed E-state index contributed by atoms with van der Waals surface area (Å²) in [4.78, 5) is 42.4. The van der Waals surface area contributed by atoms with Gasteiger partial charge in [0.05, 0.1) is 36.8 Å². The van der Waals surface area contributed by atoms with E-state index in [1.54, 1.807) is 25.9 Å². The summed E-state index contributed by atoms with van der Waals surface area (Å²) in [6, 6.07) is 5.60. The molecule has 12 nitrogen and oxygen atoms in total. The number of carbonyl (C=O) groups is 3. The molecule has 3 amide bonds. The molecule has 0 fully saturated rings. The van der Waals surface area contributed by atoms with Gasteiger partial charge in [0.2, 0.25) is 10.0 Å². The molecule has 1 aliphatic heterocycles. The van der Waals surface area contributed by atoms with Crippen LogP contribution in [0.3, 0.4) is 0 Å². The molecule has 14 heteroatoms. The lowest BCUT2D eigenvalue weighted by Crippen LogP contribution is -2.36. The second-order valence-corrected chi connectivity index (χ2v) is 12.2. The van der Waals surface area contributed by atoms with Crippen molar-refractivity contribution in [1.82, 2.24) is 14.1 Å². The maximum Gasteiger partial charge on any atom is 0.410 e. The zero-order chi connectivity index (χ0) is 29.4. The quantitative estimate of drug-likeness (QED) is 0.395. The van der Waals surface area contributed by atoms with Gasteiger partial charge in [0.15, 0.2) is 0 Å². The van der Waals surface area contributed by atoms with Crippen molar-refractivity contribution in [3.63, 3.8) is 0 Å². The molecular weight excluding hydrogens is 560 g/mol. The molecule has 0 aliphatic carbocycles. The summed E-state index contributed by atoms with van der Waals surface area (Å²) in [6.07, 6.45) is 0.0237. The molecule has 3 rings (SSSR count). The van der Waals surface area contributed by atoms with E-state index in [-0.39, 0.29) is 55.8 Å². The van der Waals surface area contributed by atoms with Gasteiger partial charge in [-0.2, -0.15) is 4.31 Å². The normalized spacial score (nSPS) is 13.2. The van der Waals surface area contributed by atoms with Crippen molar-refractivity contribution < 1.29 is 37.0 Å². The molecule has 0 saturated heterocycles. The molecule has 220 valence electrons. The average Bonchev–Trinajstić information content (AvgIpc) is 3.29. The van der Waals surface area contributed by atoms with E-state index in [1.807, 2.05) is 0 Å². The number of anilines is 1. The number of ether oxygens (including phenoxy) is 3. The highest BCUT2D eigenvalue weighted by Crippen LogP contribution is 2.38. The Morgan fingerprint density at radius 2 is 1.68 bits per heavy atom. The van der Waals surface area contributed by atoms with Crippen LogP contribution in [0.15, 0.2) is 29.2 Å². The number of fused-ring (bicyclic) bond motifs is 1. The van der Waals surface area contributed by atoms with Crippen molar-refractivity contribution in [3.8, 4) is 0 Å². The van der Waals surface area contributed by atoms with Gasteiger partial charge in [-0.3, -0.25) is 9.59 Å². The maximum absolute atomic E-state index is 13.2. The van der Waals surface area contributed by atoms with Crippen molar-refractivity contribution >= 4 is 44.3 Å². The van der Waals surface area contributed by atoms with E-state index >= 15 is 0 Å². The lowest BCUT2D eigenvalue weighted by Gasteiger charge is -2.26. The second-order valence-electron chi connectivity index (χ2n) is 9.15. The third-order valence-electron chi connectivity index (χ3n) is 6.27. The molecule has 1 aromatic heterocycles. The smallest absolute Gasteiger partial charge is 0.410 e. The summed E-state index contributed by atoms with van der Waals surface area (Å²) in [7, 11) is 2.41. The molecule has 40 heavy (non-hydrogen) atoms. The van der Waals surface area contributed by atoms with Crippen LogP contribution in [-0.4, -0.2) is 108 Å². The summed E-state index contributed by atoms with van der Waals surface area (Å²) < 4.78 is 42.8. The Labute approximate surface area is 238 Å². The van der Waals surface area contributed by atoms with Gasteiger partial charge in [-0.25, -0.2) is 13.2 Å². The monoisotopic (exact) mass is 596 g/mol. The molecule has 0 spiro atoms. The Morgan fingerprint density at radius 1 is 1.05 bits per heavy atom. The third kappa shape index (κ3) is 7.18. The van der Waals surface area contributed by atoms with E-state index in [4.69, 9.17) is 14.2 Å². The number of thiophene rings is 1. The first-order valence-electron chi connectivity index (χ1n) is 12.7. The maximum atomic E-state index is 13.2. The van der Waals surface area contributed by atoms with E-state index in [0.717, 1.165) is 10.4 Å². The van der Waals surface area contributed by atoms with Gasteiger partial charge in [0.25, 0.3) is 11.8 Å². The fourth-order valence-electron chi connectivity index (χ4n) is 4.15. The lowest BCUT2D eigenvalue weighted by atomic mass is 10.0. The zero-order valence-corrected chi connectivity index (χ0v) is 25.0. The Kier molecular flexibility index (Phi) is 11.0. The van der Waals surface area contributed by atoms with Crippen molar-refractivity contribution in [3.05, 3.63) is 45.8 Å². The molecule has 0 atom stereocenters. The molecule has 1 aliphatic rings. The number of rotatable bonds is 12. The van der Waals surface area contributed by atoms with Crippen molar-refractivity contribution in [2.24, 2.45) is 0 Å². The van der Waals surface area contributed by atoms with Crippen LogP contribution in [0.5, 0.6) is 0 Å².